The molecular weight excluding hydrogens is 335 g/mol. The molecule has 1 aromatic carbocycles. The SMILES string of the molecule is CC(Cc1ccsc1)NS(=O)(=O)c1cc(Cl)cc(N)c1F. The molecule has 8 heteroatoms. The van der Waals surface area contributed by atoms with E-state index in [2.05, 4.69) is 4.72 Å². The molecular formula is C13H14ClFN2O2S2. The van der Waals surface area contributed by atoms with Gasteiger partial charge in [-0.1, -0.05) is 11.6 Å². The minimum Gasteiger partial charge on any atom is -0.396 e. The smallest absolute Gasteiger partial charge is 0.243 e. The molecule has 0 bridgehead atoms. The van der Waals surface area contributed by atoms with E-state index < -0.39 is 20.7 Å². The van der Waals surface area contributed by atoms with Crippen LogP contribution in [0.4, 0.5) is 10.1 Å². The van der Waals surface area contributed by atoms with E-state index in [0.29, 0.717) is 6.42 Å². The van der Waals surface area contributed by atoms with E-state index in [9.17, 15) is 12.8 Å². The van der Waals surface area contributed by atoms with Crippen molar-refractivity contribution in [1.29, 1.82) is 0 Å². The van der Waals surface area contributed by atoms with E-state index >= 15 is 0 Å². The van der Waals surface area contributed by atoms with Gasteiger partial charge in [-0.2, -0.15) is 11.3 Å². The zero-order valence-corrected chi connectivity index (χ0v) is 13.5. The third-order valence-electron chi connectivity index (χ3n) is 2.80. The summed E-state index contributed by atoms with van der Waals surface area (Å²) in [5, 5.41) is 3.91. The van der Waals surface area contributed by atoms with Gasteiger partial charge in [-0.25, -0.2) is 17.5 Å². The molecule has 1 unspecified atom stereocenters. The van der Waals surface area contributed by atoms with Crippen molar-refractivity contribution >= 4 is 38.6 Å². The van der Waals surface area contributed by atoms with Crippen LogP contribution in [0.25, 0.3) is 0 Å². The van der Waals surface area contributed by atoms with Gasteiger partial charge >= 0.3 is 0 Å². The van der Waals surface area contributed by atoms with Crippen LogP contribution in [-0.4, -0.2) is 14.5 Å². The van der Waals surface area contributed by atoms with Crippen LogP contribution in [0.15, 0.2) is 33.9 Å². The Bertz CT molecular complexity index is 733. The summed E-state index contributed by atoms with van der Waals surface area (Å²) >= 11 is 7.27. The van der Waals surface area contributed by atoms with E-state index in [1.807, 2.05) is 16.8 Å². The van der Waals surface area contributed by atoms with E-state index in [1.165, 1.54) is 17.4 Å². The van der Waals surface area contributed by atoms with Crippen LogP contribution in [0.1, 0.15) is 12.5 Å². The fourth-order valence-electron chi connectivity index (χ4n) is 1.91. The van der Waals surface area contributed by atoms with Crippen molar-refractivity contribution in [3.63, 3.8) is 0 Å². The number of thiophene rings is 1. The van der Waals surface area contributed by atoms with Crippen LogP contribution in [0.3, 0.4) is 0 Å². The van der Waals surface area contributed by atoms with Crippen molar-refractivity contribution in [3.05, 3.63) is 45.4 Å². The number of rotatable bonds is 5. The maximum atomic E-state index is 13.9. The maximum Gasteiger partial charge on any atom is 0.243 e. The first-order chi connectivity index (χ1) is 9.79. The molecule has 1 heterocycles. The number of nitrogens with one attached hydrogen (secondary N) is 1. The quantitative estimate of drug-likeness (QED) is 0.816. The van der Waals surface area contributed by atoms with Crippen molar-refractivity contribution < 1.29 is 12.8 Å². The molecule has 0 spiro atoms. The average Bonchev–Trinajstić information content (AvgIpc) is 2.85. The molecule has 0 fully saturated rings. The van der Waals surface area contributed by atoms with Gasteiger partial charge in [0.25, 0.3) is 0 Å². The summed E-state index contributed by atoms with van der Waals surface area (Å²) in [4.78, 5) is -0.537. The van der Waals surface area contributed by atoms with Gasteiger partial charge in [0.05, 0.1) is 5.69 Å². The van der Waals surface area contributed by atoms with E-state index in [0.717, 1.165) is 11.6 Å². The number of nitrogens with two attached hydrogens (primary N) is 1. The summed E-state index contributed by atoms with van der Waals surface area (Å²) in [7, 11) is -4.02. The van der Waals surface area contributed by atoms with Crippen molar-refractivity contribution in [2.45, 2.75) is 24.3 Å². The second kappa shape index (κ2) is 6.31. The largest absolute Gasteiger partial charge is 0.396 e. The van der Waals surface area contributed by atoms with Crippen LogP contribution in [0, 0.1) is 5.82 Å². The highest BCUT2D eigenvalue weighted by molar-refractivity contribution is 7.89. The van der Waals surface area contributed by atoms with Gasteiger partial charge in [0, 0.05) is 11.1 Å². The molecule has 0 saturated carbocycles. The minimum absolute atomic E-state index is 0.0692. The number of anilines is 1. The lowest BCUT2D eigenvalue weighted by molar-refractivity contribution is 0.543. The Hall–Kier alpha value is -1.15. The number of halogens is 2. The summed E-state index contributed by atoms with van der Waals surface area (Å²) in [5.41, 5.74) is 6.13. The second-order valence-electron chi connectivity index (χ2n) is 4.67. The zero-order valence-electron chi connectivity index (χ0n) is 11.1. The maximum absolute atomic E-state index is 13.9. The lowest BCUT2D eigenvalue weighted by atomic mass is 10.1. The molecule has 1 atom stereocenters. The number of nitrogen functional groups attached to an aromatic ring is 1. The first kappa shape index (κ1) is 16.2. The van der Waals surface area contributed by atoms with Crippen molar-refractivity contribution in [2.24, 2.45) is 0 Å². The van der Waals surface area contributed by atoms with Crippen molar-refractivity contribution in [2.75, 3.05) is 5.73 Å². The highest BCUT2D eigenvalue weighted by Gasteiger charge is 2.23. The molecule has 0 amide bonds. The van der Waals surface area contributed by atoms with Crippen LogP contribution in [-0.2, 0) is 16.4 Å². The Morgan fingerprint density at radius 3 is 2.81 bits per heavy atom. The van der Waals surface area contributed by atoms with Gasteiger partial charge in [-0.05, 0) is 47.9 Å². The lowest BCUT2D eigenvalue weighted by Gasteiger charge is -2.15. The molecule has 0 aliphatic rings. The summed E-state index contributed by atoms with van der Waals surface area (Å²) in [5.74, 6) is -0.991. The van der Waals surface area contributed by atoms with Crippen LogP contribution in [0.5, 0.6) is 0 Å². The summed E-state index contributed by atoms with van der Waals surface area (Å²) in [6, 6.07) is 3.74. The molecule has 2 aromatic rings. The van der Waals surface area contributed by atoms with Gasteiger partial charge in [0.15, 0.2) is 5.82 Å². The topological polar surface area (TPSA) is 72.2 Å². The Balaban J connectivity index is 2.22. The molecule has 0 radical (unpaired) electrons. The van der Waals surface area contributed by atoms with Crippen LogP contribution < -0.4 is 10.5 Å². The minimum atomic E-state index is -4.02. The molecule has 114 valence electrons. The van der Waals surface area contributed by atoms with E-state index in [-0.39, 0.29) is 16.8 Å². The third-order valence-corrected chi connectivity index (χ3v) is 5.34. The second-order valence-corrected chi connectivity index (χ2v) is 7.56. The van der Waals surface area contributed by atoms with Gasteiger partial charge in [-0.3, -0.25) is 0 Å². The highest BCUT2D eigenvalue weighted by atomic mass is 35.5. The van der Waals surface area contributed by atoms with Crippen LogP contribution >= 0.6 is 22.9 Å². The third kappa shape index (κ3) is 3.94. The number of sulfonamides is 1. The van der Waals surface area contributed by atoms with Gasteiger partial charge in [0.1, 0.15) is 4.90 Å². The molecule has 4 nitrogen and oxygen atoms in total. The van der Waals surface area contributed by atoms with E-state index in [4.69, 9.17) is 17.3 Å². The molecule has 0 aliphatic heterocycles. The Morgan fingerprint density at radius 2 is 2.19 bits per heavy atom. The number of benzene rings is 1. The molecule has 0 aliphatic carbocycles. The molecule has 0 saturated heterocycles. The molecule has 3 N–H and O–H groups in total. The van der Waals surface area contributed by atoms with Crippen molar-refractivity contribution in [3.8, 4) is 0 Å². The highest BCUT2D eigenvalue weighted by Crippen LogP contribution is 2.25. The zero-order chi connectivity index (χ0) is 15.6. The van der Waals surface area contributed by atoms with E-state index in [1.54, 1.807) is 6.92 Å². The first-order valence-corrected chi connectivity index (χ1v) is 8.88. The van der Waals surface area contributed by atoms with Gasteiger partial charge in [-0.15, -0.1) is 0 Å². The Morgan fingerprint density at radius 1 is 1.48 bits per heavy atom. The normalized spacial score (nSPS) is 13.3. The predicted octanol–water partition coefficient (Wildman–Crippen LogP) is 3.03. The monoisotopic (exact) mass is 348 g/mol. The standard InChI is InChI=1S/C13H14ClFN2O2S2/c1-8(4-9-2-3-20-7-9)17-21(18,19)12-6-10(14)5-11(16)13(12)15/h2-3,5-8,17H,4,16H2,1H3. The molecule has 1 aromatic heterocycles. The predicted molar refractivity (Wildman–Crippen MR) is 83.6 cm³/mol. The fourth-order valence-corrected chi connectivity index (χ4v) is 4.26. The Kier molecular flexibility index (Phi) is 4.88. The summed E-state index contributed by atoms with van der Waals surface area (Å²) < 4.78 is 40.8. The van der Waals surface area contributed by atoms with Gasteiger partial charge < -0.3 is 5.73 Å². The van der Waals surface area contributed by atoms with Gasteiger partial charge in [0.2, 0.25) is 10.0 Å². The molecule has 21 heavy (non-hydrogen) atoms. The lowest BCUT2D eigenvalue weighted by Crippen LogP contribution is -2.34. The summed E-state index contributed by atoms with van der Waals surface area (Å²) in [6.45, 7) is 1.71. The van der Waals surface area contributed by atoms with Crippen molar-refractivity contribution in [1.82, 2.24) is 4.72 Å². The first-order valence-electron chi connectivity index (χ1n) is 6.07. The summed E-state index contributed by atoms with van der Waals surface area (Å²) in [6.07, 6.45) is 0.514. The average molecular weight is 349 g/mol. The van der Waals surface area contributed by atoms with Crippen LogP contribution in [0.2, 0.25) is 5.02 Å². The number of hydrogen-bond donors (Lipinski definition) is 2. The molecule has 2 rings (SSSR count). The number of hydrogen-bond acceptors (Lipinski definition) is 4. The fraction of sp³-hybridized carbons (Fsp3) is 0.231. The Labute approximate surface area is 131 Å².